The van der Waals surface area contributed by atoms with Crippen LogP contribution in [0.5, 0.6) is 5.88 Å². The van der Waals surface area contributed by atoms with E-state index in [0.29, 0.717) is 19.0 Å². The Morgan fingerprint density at radius 3 is 2.83 bits per heavy atom. The molecular weight excluding hydrogens is 310 g/mol. The normalized spacial score (nSPS) is 12.9. The van der Waals surface area contributed by atoms with Crippen LogP contribution in [-0.4, -0.2) is 40.5 Å². The summed E-state index contributed by atoms with van der Waals surface area (Å²) in [6.07, 6.45) is 8.18. The third-order valence-corrected chi connectivity index (χ3v) is 5.05. The quantitative estimate of drug-likeness (QED) is 0.733. The molecule has 0 radical (unpaired) electrons. The fourth-order valence-corrected chi connectivity index (χ4v) is 4.04. The zero-order valence-electron chi connectivity index (χ0n) is 13.0. The molecule has 0 N–H and O–H groups in total. The van der Waals surface area contributed by atoms with E-state index in [2.05, 4.69) is 23.1 Å². The highest BCUT2D eigenvalue weighted by Gasteiger charge is 2.22. The second-order valence-electron chi connectivity index (χ2n) is 5.38. The molecule has 0 unspecified atom stereocenters. The molecule has 0 saturated heterocycles. The van der Waals surface area contributed by atoms with Crippen LogP contribution in [0.4, 0.5) is 0 Å². The summed E-state index contributed by atoms with van der Waals surface area (Å²) < 4.78 is 5.73. The molecule has 2 heterocycles. The number of fused-ring (bicyclic) bond motifs is 3. The lowest BCUT2D eigenvalue weighted by atomic mass is 10.2. The number of ether oxygens (including phenoxy) is 1. The molecule has 0 spiro atoms. The highest BCUT2D eigenvalue weighted by Crippen LogP contribution is 2.39. The van der Waals surface area contributed by atoms with Gasteiger partial charge in [0.1, 0.15) is 11.2 Å². The van der Waals surface area contributed by atoms with Gasteiger partial charge < -0.3 is 9.64 Å². The molecule has 6 heteroatoms. The minimum atomic E-state index is -0.108. The first-order chi connectivity index (χ1) is 11.2. The first-order valence-electron chi connectivity index (χ1n) is 7.62. The molecule has 1 aliphatic rings. The molecule has 0 atom stereocenters. The molecule has 0 bridgehead atoms. The number of aryl methyl sites for hydroxylation is 2. The average molecular weight is 329 g/mol. The second-order valence-corrected chi connectivity index (χ2v) is 6.46. The van der Waals surface area contributed by atoms with Crippen LogP contribution in [0.1, 0.15) is 16.9 Å². The molecular formula is C17H19N3O2S. The number of carbonyl (C=O) groups is 1. The molecule has 0 aromatic carbocycles. The molecule has 5 nitrogen and oxygen atoms in total. The van der Waals surface area contributed by atoms with Crippen molar-refractivity contribution in [1.29, 1.82) is 0 Å². The van der Waals surface area contributed by atoms with Crippen LogP contribution in [0.3, 0.4) is 0 Å². The van der Waals surface area contributed by atoms with Gasteiger partial charge in [0, 0.05) is 18.0 Å². The van der Waals surface area contributed by atoms with Crippen molar-refractivity contribution in [2.24, 2.45) is 0 Å². The van der Waals surface area contributed by atoms with Crippen molar-refractivity contribution in [3.8, 4) is 5.88 Å². The summed E-state index contributed by atoms with van der Waals surface area (Å²) in [5, 5.41) is 0.983. The second kappa shape index (κ2) is 6.91. The molecule has 2 aromatic rings. The van der Waals surface area contributed by atoms with Crippen molar-refractivity contribution in [1.82, 2.24) is 14.9 Å². The Bertz CT molecular complexity index is 744. The zero-order valence-corrected chi connectivity index (χ0v) is 13.8. The van der Waals surface area contributed by atoms with E-state index in [9.17, 15) is 4.79 Å². The van der Waals surface area contributed by atoms with Gasteiger partial charge in [-0.1, -0.05) is 12.2 Å². The van der Waals surface area contributed by atoms with Crippen molar-refractivity contribution in [2.45, 2.75) is 19.3 Å². The van der Waals surface area contributed by atoms with Crippen molar-refractivity contribution in [2.75, 3.05) is 19.7 Å². The van der Waals surface area contributed by atoms with E-state index in [-0.39, 0.29) is 12.5 Å². The van der Waals surface area contributed by atoms with Crippen LogP contribution >= 0.6 is 11.3 Å². The largest absolute Gasteiger partial charge is 0.467 e. The maximum atomic E-state index is 12.3. The molecule has 0 fully saturated rings. The van der Waals surface area contributed by atoms with E-state index >= 15 is 0 Å². The lowest BCUT2D eigenvalue weighted by molar-refractivity contribution is -0.132. The van der Waals surface area contributed by atoms with E-state index in [1.807, 2.05) is 0 Å². The van der Waals surface area contributed by atoms with Gasteiger partial charge in [-0.2, -0.15) is 0 Å². The van der Waals surface area contributed by atoms with Crippen LogP contribution in [0.2, 0.25) is 0 Å². The number of nitrogens with zero attached hydrogens (tertiary/aromatic N) is 3. The van der Waals surface area contributed by atoms with Gasteiger partial charge in [0.15, 0.2) is 6.61 Å². The first-order valence-corrected chi connectivity index (χ1v) is 8.43. The van der Waals surface area contributed by atoms with Crippen LogP contribution < -0.4 is 4.74 Å². The Hall–Kier alpha value is -2.21. The molecule has 120 valence electrons. The van der Waals surface area contributed by atoms with Gasteiger partial charge in [-0.05, 0) is 24.8 Å². The van der Waals surface area contributed by atoms with Crippen LogP contribution in [0, 0.1) is 0 Å². The zero-order chi connectivity index (χ0) is 16.2. The Balaban J connectivity index is 1.78. The van der Waals surface area contributed by atoms with Gasteiger partial charge in [0.2, 0.25) is 5.88 Å². The van der Waals surface area contributed by atoms with E-state index in [1.165, 1.54) is 16.8 Å². The average Bonchev–Trinajstić information content (AvgIpc) is 3.13. The molecule has 0 saturated carbocycles. The van der Waals surface area contributed by atoms with Gasteiger partial charge in [0.25, 0.3) is 5.91 Å². The van der Waals surface area contributed by atoms with Gasteiger partial charge in [-0.3, -0.25) is 4.79 Å². The van der Waals surface area contributed by atoms with Gasteiger partial charge in [-0.15, -0.1) is 24.5 Å². The summed E-state index contributed by atoms with van der Waals surface area (Å²) in [4.78, 5) is 24.8. The van der Waals surface area contributed by atoms with Gasteiger partial charge in [0.05, 0.1) is 5.39 Å². The number of amides is 1. The number of hydrogen-bond acceptors (Lipinski definition) is 5. The summed E-state index contributed by atoms with van der Waals surface area (Å²) in [5.74, 6) is 0.406. The maximum absolute atomic E-state index is 12.3. The Kier molecular flexibility index (Phi) is 4.71. The van der Waals surface area contributed by atoms with E-state index in [0.717, 1.165) is 29.5 Å². The van der Waals surface area contributed by atoms with Crippen molar-refractivity contribution < 1.29 is 9.53 Å². The standard InChI is InChI=1S/C17H19N3O2S/c1-3-8-20(9-4-2)14(21)10-22-16-15-12-6-5-7-13(12)23-17(15)19-11-18-16/h3-4,11H,1-2,5-10H2. The van der Waals surface area contributed by atoms with E-state index in [4.69, 9.17) is 4.74 Å². The Morgan fingerprint density at radius 2 is 2.09 bits per heavy atom. The Labute approximate surface area is 139 Å². The predicted octanol–water partition coefficient (Wildman–Crippen LogP) is 2.76. The monoisotopic (exact) mass is 329 g/mol. The minimum Gasteiger partial charge on any atom is -0.467 e. The maximum Gasteiger partial charge on any atom is 0.261 e. The topological polar surface area (TPSA) is 55.3 Å². The summed E-state index contributed by atoms with van der Waals surface area (Å²) in [6, 6.07) is 0. The summed E-state index contributed by atoms with van der Waals surface area (Å²) in [6.45, 7) is 8.24. The minimum absolute atomic E-state index is 0.0432. The number of hydrogen-bond donors (Lipinski definition) is 0. The molecule has 3 rings (SSSR count). The lowest BCUT2D eigenvalue weighted by Gasteiger charge is -2.19. The third kappa shape index (κ3) is 3.12. The SMILES string of the molecule is C=CCN(CC=C)C(=O)COc1ncnc2sc3c(c12)CCC3. The highest BCUT2D eigenvalue weighted by molar-refractivity contribution is 7.18. The van der Waals surface area contributed by atoms with Crippen LogP contribution in [0.25, 0.3) is 10.2 Å². The van der Waals surface area contributed by atoms with E-state index in [1.54, 1.807) is 28.4 Å². The van der Waals surface area contributed by atoms with Crippen molar-refractivity contribution in [3.63, 3.8) is 0 Å². The molecule has 23 heavy (non-hydrogen) atoms. The molecule has 1 aliphatic carbocycles. The third-order valence-electron chi connectivity index (χ3n) is 3.85. The Morgan fingerprint density at radius 1 is 1.30 bits per heavy atom. The first kappa shape index (κ1) is 15.7. The van der Waals surface area contributed by atoms with Crippen LogP contribution in [-0.2, 0) is 17.6 Å². The highest BCUT2D eigenvalue weighted by atomic mass is 32.1. The smallest absolute Gasteiger partial charge is 0.261 e. The lowest BCUT2D eigenvalue weighted by Crippen LogP contribution is -2.35. The van der Waals surface area contributed by atoms with E-state index < -0.39 is 0 Å². The predicted molar refractivity (Wildman–Crippen MR) is 91.9 cm³/mol. The fraction of sp³-hybridized carbons (Fsp3) is 0.353. The number of aromatic nitrogens is 2. The summed E-state index contributed by atoms with van der Waals surface area (Å²) >= 11 is 1.70. The number of rotatable bonds is 7. The molecule has 0 aliphatic heterocycles. The van der Waals surface area contributed by atoms with Crippen LogP contribution in [0.15, 0.2) is 31.6 Å². The van der Waals surface area contributed by atoms with Crippen molar-refractivity contribution >= 4 is 27.5 Å². The fourth-order valence-electron chi connectivity index (χ4n) is 2.82. The summed E-state index contributed by atoms with van der Waals surface area (Å²) in [5.41, 5.74) is 1.29. The summed E-state index contributed by atoms with van der Waals surface area (Å²) in [7, 11) is 0. The van der Waals surface area contributed by atoms with Gasteiger partial charge >= 0.3 is 0 Å². The molecule has 2 aromatic heterocycles. The van der Waals surface area contributed by atoms with Crippen molar-refractivity contribution in [3.05, 3.63) is 42.1 Å². The number of carbonyl (C=O) groups excluding carboxylic acids is 1. The van der Waals surface area contributed by atoms with Gasteiger partial charge in [-0.25, -0.2) is 9.97 Å². The molecule has 1 amide bonds. The number of thiophene rings is 1.